The number of nitrogens with zero attached hydrogens (tertiary/aromatic N) is 1. The quantitative estimate of drug-likeness (QED) is 0.309. The molecule has 4 rings (SSSR count). The van der Waals surface area contributed by atoms with Gasteiger partial charge in [-0.25, -0.2) is 0 Å². The Morgan fingerprint density at radius 2 is 1.83 bits per heavy atom. The predicted octanol–water partition coefficient (Wildman–Crippen LogP) is 6.37. The average Bonchev–Trinajstić information content (AvgIpc) is 3.12. The van der Waals surface area contributed by atoms with E-state index < -0.39 is 23.6 Å². The molecule has 10 heteroatoms. The molecule has 0 unspecified atom stereocenters. The molecule has 0 radical (unpaired) electrons. The molecule has 3 amide bonds. The zero-order valence-electron chi connectivity index (χ0n) is 19.0. The van der Waals surface area contributed by atoms with E-state index >= 15 is 0 Å². The first-order valence-corrected chi connectivity index (χ1v) is 12.7. The van der Waals surface area contributed by atoms with Crippen molar-refractivity contribution in [1.82, 2.24) is 4.90 Å². The van der Waals surface area contributed by atoms with Crippen molar-refractivity contribution < 1.29 is 23.9 Å². The van der Waals surface area contributed by atoms with Gasteiger partial charge in [-0.3, -0.25) is 19.3 Å². The Kier molecular flexibility index (Phi) is 8.35. The molecular weight excluding hydrogens is 568 g/mol. The van der Waals surface area contributed by atoms with Gasteiger partial charge in [0, 0.05) is 4.47 Å². The Morgan fingerprint density at radius 3 is 2.56 bits per heavy atom. The highest BCUT2D eigenvalue weighted by molar-refractivity contribution is 9.10. The summed E-state index contributed by atoms with van der Waals surface area (Å²) >= 11 is 10.6. The molecule has 0 bridgehead atoms. The van der Waals surface area contributed by atoms with Crippen molar-refractivity contribution in [2.24, 2.45) is 0 Å². The van der Waals surface area contributed by atoms with Crippen molar-refractivity contribution in [3.05, 3.63) is 92.3 Å². The molecule has 1 fully saturated rings. The first kappa shape index (κ1) is 25.8. The minimum absolute atomic E-state index is 0.171. The van der Waals surface area contributed by atoms with E-state index in [1.807, 2.05) is 36.4 Å². The Labute approximate surface area is 225 Å². The zero-order chi connectivity index (χ0) is 25.7. The standard InChI is InChI=1S/C26H20BrClN2O5S/c1-34-21-12-17(11-19(28)24(21)35-15-16-7-3-2-4-8-16)13-22-25(32)30(26(33)36-22)14-23(31)29-20-10-6-5-9-18(20)27/h2-13H,14-15H2,1H3,(H,29,31)/b22-13-. The van der Waals surface area contributed by atoms with Gasteiger partial charge >= 0.3 is 0 Å². The van der Waals surface area contributed by atoms with Gasteiger partial charge in [0.15, 0.2) is 11.5 Å². The third kappa shape index (κ3) is 6.10. The summed E-state index contributed by atoms with van der Waals surface area (Å²) in [7, 11) is 1.49. The van der Waals surface area contributed by atoms with Gasteiger partial charge in [-0.15, -0.1) is 0 Å². The molecule has 1 aliphatic heterocycles. The van der Waals surface area contributed by atoms with Crippen LogP contribution < -0.4 is 14.8 Å². The third-order valence-electron chi connectivity index (χ3n) is 5.10. The van der Waals surface area contributed by atoms with Crippen LogP contribution in [0, 0.1) is 0 Å². The highest BCUT2D eigenvalue weighted by Gasteiger charge is 2.36. The highest BCUT2D eigenvalue weighted by atomic mass is 79.9. The molecule has 0 aromatic heterocycles. The van der Waals surface area contributed by atoms with Gasteiger partial charge < -0.3 is 14.8 Å². The molecule has 1 heterocycles. The second kappa shape index (κ2) is 11.6. The summed E-state index contributed by atoms with van der Waals surface area (Å²) in [6, 6.07) is 20.0. The van der Waals surface area contributed by atoms with Crippen LogP contribution in [-0.4, -0.2) is 35.6 Å². The van der Waals surface area contributed by atoms with E-state index in [2.05, 4.69) is 21.2 Å². The normalized spacial score (nSPS) is 14.3. The van der Waals surface area contributed by atoms with Crippen molar-refractivity contribution in [1.29, 1.82) is 0 Å². The number of halogens is 2. The van der Waals surface area contributed by atoms with Gasteiger partial charge in [0.2, 0.25) is 5.91 Å². The number of rotatable bonds is 8. The van der Waals surface area contributed by atoms with E-state index in [1.165, 1.54) is 13.2 Å². The number of hydrogen-bond donors (Lipinski definition) is 1. The minimum atomic E-state index is -0.563. The summed E-state index contributed by atoms with van der Waals surface area (Å²) in [6.45, 7) is -0.101. The van der Waals surface area contributed by atoms with Crippen LogP contribution in [0.25, 0.3) is 6.08 Å². The molecule has 0 aliphatic carbocycles. The summed E-state index contributed by atoms with van der Waals surface area (Å²) in [5, 5.41) is 2.45. The Morgan fingerprint density at radius 1 is 1.11 bits per heavy atom. The topological polar surface area (TPSA) is 84.9 Å². The monoisotopic (exact) mass is 586 g/mol. The predicted molar refractivity (Wildman–Crippen MR) is 144 cm³/mol. The molecule has 0 atom stereocenters. The maximum atomic E-state index is 12.9. The number of hydrogen-bond acceptors (Lipinski definition) is 6. The summed E-state index contributed by atoms with van der Waals surface area (Å²) in [6.07, 6.45) is 1.53. The Bertz CT molecular complexity index is 1350. The number of methoxy groups -OCH3 is 1. The number of thioether (sulfide) groups is 1. The van der Waals surface area contributed by atoms with Crippen molar-refractivity contribution in [2.75, 3.05) is 19.0 Å². The number of nitrogens with one attached hydrogen (secondary N) is 1. The fourth-order valence-electron chi connectivity index (χ4n) is 3.38. The van der Waals surface area contributed by atoms with E-state index in [1.54, 1.807) is 30.3 Å². The van der Waals surface area contributed by atoms with Gasteiger partial charge in [-0.05, 0) is 69.2 Å². The second-order valence-electron chi connectivity index (χ2n) is 7.60. The lowest BCUT2D eigenvalue weighted by molar-refractivity contribution is -0.127. The molecule has 184 valence electrons. The first-order chi connectivity index (χ1) is 17.4. The van der Waals surface area contributed by atoms with Gasteiger partial charge in [0.05, 0.1) is 22.7 Å². The lowest BCUT2D eigenvalue weighted by Crippen LogP contribution is -2.36. The molecule has 0 spiro atoms. The number of anilines is 1. The highest BCUT2D eigenvalue weighted by Crippen LogP contribution is 2.39. The van der Waals surface area contributed by atoms with Crippen LogP contribution in [0.15, 0.2) is 76.1 Å². The molecule has 0 saturated carbocycles. The number of imide groups is 1. The summed E-state index contributed by atoms with van der Waals surface area (Å²) in [4.78, 5) is 38.9. The molecule has 3 aromatic rings. The zero-order valence-corrected chi connectivity index (χ0v) is 22.2. The van der Waals surface area contributed by atoms with E-state index in [-0.39, 0.29) is 4.91 Å². The van der Waals surface area contributed by atoms with Gasteiger partial charge in [0.25, 0.3) is 11.1 Å². The van der Waals surface area contributed by atoms with Gasteiger partial charge in [0.1, 0.15) is 13.2 Å². The van der Waals surface area contributed by atoms with E-state index in [9.17, 15) is 14.4 Å². The Balaban J connectivity index is 1.47. The first-order valence-electron chi connectivity index (χ1n) is 10.7. The lowest BCUT2D eigenvalue weighted by atomic mass is 10.1. The molecule has 36 heavy (non-hydrogen) atoms. The van der Waals surface area contributed by atoms with Crippen LogP contribution in [0.4, 0.5) is 10.5 Å². The molecular formula is C26H20BrClN2O5S. The van der Waals surface area contributed by atoms with Gasteiger partial charge in [-0.2, -0.15) is 0 Å². The van der Waals surface area contributed by atoms with Gasteiger partial charge in [-0.1, -0.05) is 54.1 Å². The number of ether oxygens (including phenoxy) is 2. The average molecular weight is 588 g/mol. The maximum Gasteiger partial charge on any atom is 0.294 e. The van der Waals surface area contributed by atoms with Crippen LogP contribution in [-0.2, 0) is 16.2 Å². The van der Waals surface area contributed by atoms with Crippen molar-refractivity contribution in [2.45, 2.75) is 6.61 Å². The minimum Gasteiger partial charge on any atom is -0.493 e. The molecule has 1 saturated heterocycles. The summed E-state index contributed by atoms with van der Waals surface area (Å²) < 4.78 is 12.0. The van der Waals surface area contributed by atoms with E-state index in [0.717, 1.165) is 22.2 Å². The second-order valence-corrected chi connectivity index (χ2v) is 9.86. The smallest absolute Gasteiger partial charge is 0.294 e. The SMILES string of the molecule is COc1cc(/C=C2\SC(=O)N(CC(=O)Nc3ccccc3Br)C2=O)cc(Cl)c1OCc1ccccc1. The number of carbonyl (C=O) groups excluding carboxylic acids is 3. The van der Waals surface area contributed by atoms with Crippen LogP contribution >= 0.6 is 39.3 Å². The van der Waals surface area contributed by atoms with Crippen LogP contribution in [0.1, 0.15) is 11.1 Å². The number of para-hydroxylation sites is 1. The van der Waals surface area contributed by atoms with Crippen molar-refractivity contribution in [3.63, 3.8) is 0 Å². The number of carbonyl (C=O) groups is 3. The number of benzene rings is 3. The van der Waals surface area contributed by atoms with E-state index in [0.29, 0.717) is 38.9 Å². The molecule has 3 aromatic carbocycles. The van der Waals surface area contributed by atoms with Crippen LogP contribution in [0.3, 0.4) is 0 Å². The lowest BCUT2D eigenvalue weighted by Gasteiger charge is -2.14. The molecule has 1 N–H and O–H groups in total. The van der Waals surface area contributed by atoms with E-state index in [4.69, 9.17) is 21.1 Å². The molecule has 1 aliphatic rings. The molecule has 7 nitrogen and oxygen atoms in total. The summed E-state index contributed by atoms with van der Waals surface area (Å²) in [5.41, 5.74) is 2.06. The number of amides is 3. The fourth-order valence-corrected chi connectivity index (χ4v) is 4.87. The summed E-state index contributed by atoms with van der Waals surface area (Å²) in [5.74, 6) is -0.296. The fraction of sp³-hybridized carbons (Fsp3) is 0.115. The van der Waals surface area contributed by atoms with Crippen molar-refractivity contribution in [3.8, 4) is 11.5 Å². The van der Waals surface area contributed by atoms with Crippen LogP contribution in [0.5, 0.6) is 11.5 Å². The largest absolute Gasteiger partial charge is 0.493 e. The Hall–Kier alpha value is -3.27. The maximum absolute atomic E-state index is 12.9. The third-order valence-corrected chi connectivity index (χ3v) is 6.98. The van der Waals surface area contributed by atoms with Crippen molar-refractivity contribution >= 4 is 68.1 Å². The van der Waals surface area contributed by atoms with Crippen LogP contribution in [0.2, 0.25) is 5.02 Å².